The quantitative estimate of drug-likeness (QED) is 0.143. The topological polar surface area (TPSA) is 106 Å². The molecule has 4 heterocycles. The van der Waals surface area contributed by atoms with E-state index < -0.39 is 29.3 Å². The Morgan fingerprint density at radius 1 is 0.830 bits per heavy atom. The highest BCUT2D eigenvalue weighted by atomic mass is 32.1. The van der Waals surface area contributed by atoms with E-state index in [0.29, 0.717) is 21.6 Å². The molecule has 53 heavy (non-hydrogen) atoms. The first-order valence-corrected chi connectivity index (χ1v) is 18.9. The second kappa shape index (κ2) is 13.3. The summed E-state index contributed by atoms with van der Waals surface area (Å²) < 4.78 is 18.9. The zero-order valence-corrected chi connectivity index (χ0v) is 29.9. The van der Waals surface area contributed by atoms with Crippen molar-refractivity contribution in [1.29, 1.82) is 0 Å². The van der Waals surface area contributed by atoms with Crippen LogP contribution in [0.25, 0.3) is 33.1 Å². The average Bonchev–Trinajstić information content (AvgIpc) is 3.87. The third-order valence-corrected chi connectivity index (χ3v) is 12.1. The molecule has 3 saturated carbocycles. The number of nitrogens with zero attached hydrogens (tertiary/aromatic N) is 5. The predicted molar refractivity (Wildman–Crippen MR) is 205 cm³/mol. The molecule has 3 aliphatic carbocycles. The Bertz CT molecular complexity index is 2320. The molecule has 7 aromatic rings. The van der Waals surface area contributed by atoms with E-state index in [1.54, 1.807) is 6.20 Å². The van der Waals surface area contributed by atoms with Crippen LogP contribution in [0.4, 0.5) is 10.2 Å². The fourth-order valence-electron chi connectivity index (χ4n) is 8.86. The fourth-order valence-corrected chi connectivity index (χ4v) is 9.57. The number of carboxylic acid groups (broad SMARTS) is 1. The lowest BCUT2D eigenvalue weighted by Crippen LogP contribution is -2.51. The van der Waals surface area contributed by atoms with Crippen LogP contribution in [0, 0.1) is 30.5 Å². The predicted octanol–water partition coefficient (Wildman–Crippen LogP) is 9.21. The smallest absolute Gasteiger partial charge is 0.308 e. The normalized spacial score (nSPS) is 19.7. The maximum Gasteiger partial charge on any atom is 0.308 e. The molecule has 4 aromatic heterocycles. The van der Waals surface area contributed by atoms with Crippen LogP contribution in [-0.4, -0.2) is 41.6 Å². The van der Waals surface area contributed by atoms with Gasteiger partial charge < -0.3 is 15.0 Å². The summed E-state index contributed by atoms with van der Waals surface area (Å²) in [7, 11) is 0. The molecule has 2 bridgehead atoms. The minimum absolute atomic E-state index is 0.00334. The summed E-state index contributed by atoms with van der Waals surface area (Å²) in [4.78, 5) is 33.1. The summed E-state index contributed by atoms with van der Waals surface area (Å²) in [5.41, 5.74) is 4.79. The van der Waals surface area contributed by atoms with E-state index in [9.17, 15) is 9.90 Å². The fraction of sp³-hybridized carbons (Fsp3) is 0.233. The molecule has 10 heteroatoms. The van der Waals surface area contributed by atoms with Crippen LogP contribution < -0.4 is 5.32 Å². The Morgan fingerprint density at radius 2 is 1.43 bits per heavy atom. The molecule has 3 fully saturated rings. The molecule has 2 N–H and O–H groups in total. The van der Waals surface area contributed by atoms with Crippen LogP contribution in [0.15, 0.2) is 121 Å². The summed E-state index contributed by atoms with van der Waals surface area (Å²) in [6.45, 7) is 1.92. The Hall–Kier alpha value is -5.74. The van der Waals surface area contributed by atoms with Crippen molar-refractivity contribution in [3.63, 3.8) is 0 Å². The van der Waals surface area contributed by atoms with Crippen molar-refractivity contribution in [1.82, 2.24) is 24.5 Å². The van der Waals surface area contributed by atoms with Crippen molar-refractivity contribution < 1.29 is 14.3 Å². The number of aromatic nitrogens is 5. The van der Waals surface area contributed by atoms with E-state index in [1.165, 1.54) is 11.3 Å². The SMILES string of the molecule is Cc1cnc2c(-c3nc(NC4C5CCC(CC5)C4C(=O)O)c(F)c(-c4cccs4)n3)cn(C(c3ccccc3)(c3ccccc3)c3ccccc3)c2n1. The number of aryl methyl sites for hydroxylation is 1. The maximum absolute atomic E-state index is 16.7. The molecule has 0 radical (unpaired) electrons. The molecule has 264 valence electrons. The number of hydrogen-bond donors (Lipinski definition) is 2. The van der Waals surface area contributed by atoms with Gasteiger partial charge in [0.25, 0.3) is 0 Å². The number of anilines is 1. The van der Waals surface area contributed by atoms with Gasteiger partial charge in [0.2, 0.25) is 0 Å². The number of carbonyl (C=O) groups is 1. The molecule has 8 nitrogen and oxygen atoms in total. The molecule has 0 amide bonds. The van der Waals surface area contributed by atoms with Gasteiger partial charge in [0.1, 0.15) is 16.7 Å². The monoisotopic (exact) mass is 720 g/mol. The van der Waals surface area contributed by atoms with Gasteiger partial charge >= 0.3 is 5.97 Å². The standard InChI is InChI=1S/C43H37FN6O2S/c1-26-24-45-37-32(25-50(41(37)46-26)43(29-12-5-2-6-13-29,30-14-7-3-8-15-30)31-16-9-4-10-17-31)39-48-38(33-18-11-23-53-33)35(44)40(49-39)47-36-28-21-19-27(20-22-28)34(36)42(51)52/h2-18,23-25,27-28,34,36H,19-22H2,1H3,(H,51,52)(H,47,48,49). The van der Waals surface area contributed by atoms with Gasteiger partial charge in [-0.1, -0.05) is 97.1 Å². The van der Waals surface area contributed by atoms with Gasteiger partial charge in [-0.15, -0.1) is 11.3 Å². The molecule has 2 atom stereocenters. The Kier molecular flexibility index (Phi) is 8.34. The number of benzene rings is 3. The molecule has 3 aliphatic rings. The van der Waals surface area contributed by atoms with Gasteiger partial charge in [-0.25, -0.2) is 19.3 Å². The number of carboxylic acids is 1. The van der Waals surface area contributed by atoms with Crippen LogP contribution in [0.1, 0.15) is 48.1 Å². The third kappa shape index (κ3) is 5.51. The molecule has 10 rings (SSSR count). The minimum atomic E-state index is -0.906. The third-order valence-electron chi connectivity index (χ3n) is 11.2. The molecule has 0 aliphatic heterocycles. The maximum atomic E-state index is 16.7. The van der Waals surface area contributed by atoms with Gasteiger partial charge in [0.05, 0.1) is 22.1 Å². The summed E-state index contributed by atoms with van der Waals surface area (Å²) in [5.74, 6) is -1.63. The van der Waals surface area contributed by atoms with E-state index in [2.05, 4.69) is 46.3 Å². The minimum Gasteiger partial charge on any atom is -0.481 e. The Balaban J connectivity index is 1.31. The van der Waals surface area contributed by atoms with Crippen molar-refractivity contribution in [2.75, 3.05) is 5.32 Å². The van der Waals surface area contributed by atoms with Crippen molar-refractivity contribution in [2.24, 2.45) is 17.8 Å². The lowest BCUT2D eigenvalue weighted by Gasteiger charge is -2.47. The van der Waals surface area contributed by atoms with Crippen molar-refractivity contribution >= 4 is 34.3 Å². The van der Waals surface area contributed by atoms with Gasteiger partial charge in [-0.05, 0) is 72.6 Å². The molecular weight excluding hydrogens is 684 g/mol. The molecule has 0 saturated heterocycles. The van der Waals surface area contributed by atoms with Crippen LogP contribution in [0.3, 0.4) is 0 Å². The number of aliphatic carboxylic acids is 1. The van der Waals surface area contributed by atoms with Crippen molar-refractivity contribution in [2.45, 2.75) is 44.2 Å². The van der Waals surface area contributed by atoms with Gasteiger partial charge in [-0.2, -0.15) is 0 Å². The first kappa shape index (κ1) is 33.1. The average molecular weight is 721 g/mol. The lowest BCUT2D eigenvalue weighted by atomic mass is 9.61. The molecule has 3 aromatic carbocycles. The first-order valence-electron chi connectivity index (χ1n) is 18.1. The van der Waals surface area contributed by atoms with Crippen LogP contribution in [0.2, 0.25) is 0 Å². The first-order chi connectivity index (χ1) is 25.9. The molecule has 0 spiro atoms. The number of rotatable bonds is 9. The highest BCUT2D eigenvalue weighted by molar-refractivity contribution is 7.13. The van der Waals surface area contributed by atoms with Gasteiger partial charge in [0.15, 0.2) is 23.1 Å². The second-order valence-corrected chi connectivity index (χ2v) is 15.1. The highest BCUT2D eigenvalue weighted by Gasteiger charge is 2.48. The lowest BCUT2D eigenvalue weighted by molar-refractivity contribution is -0.148. The number of fused-ring (bicyclic) bond motifs is 4. The molecular formula is C43H37FN6O2S. The van der Waals surface area contributed by atoms with Gasteiger partial charge in [-0.3, -0.25) is 9.78 Å². The number of nitrogens with one attached hydrogen (secondary N) is 1. The zero-order valence-electron chi connectivity index (χ0n) is 29.1. The summed E-state index contributed by atoms with van der Waals surface area (Å²) in [5, 5.41) is 15.6. The summed E-state index contributed by atoms with van der Waals surface area (Å²) in [6, 6.07) is 34.2. The number of halogens is 1. The van der Waals surface area contributed by atoms with Gasteiger partial charge in [0, 0.05) is 18.4 Å². The Morgan fingerprint density at radius 3 is 2.00 bits per heavy atom. The Labute approximate surface area is 310 Å². The number of thiophene rings is 1. The molecule has 2 unspecified atom stereocenters. The van der Waals surface area contributed by atoms with Crippen LogP contribution in [0.5, 0.6) is 0 Å². The van der Waals surface area contributed by atoms with E-state index in [-0.39, 0.29) is 29.2 Å². The van der Waals surface area contributed by atoms with Crippen LogP contribution in [-0.2, 0) is 10.3 Å². The van der Waals surface area contributed by atoms with Crippen molar-refractivity contribution in [3.05, 3.63) is 149 Å². The summed E-state index contributed by atoms with van der Waals surface area (Å²) >= 11 is 1.39. The highest BCUT2D eigenvalue weighted by Crippen LogP contribution is 2.48. The van der Waals surface area contributed by atoms with Crippen molar-refractivity contribution in [3.8, 4) is 22.0 Å². The zero-order chi connectivity index (χ0) is 36.1. The van der Waals surface area contributed by atoms with E-state index in [0.717, 1.165) is 48.1 Å². The van der Waals surface area contributed by atoms with E-state index in [1.807, 2.05) is 85.2 Å². The number of hydrogen-bond acceptors (Lipinski definition) is 7. The largest absolute Gasteiger partial charge is 0.481 e. The van der Waals surface area contributed by atoms with E-state index in [4.69, 9.17) is 19.9 Å². The van der Waals surface area contributed by atoms with E-state index >= 15 is 4.39 Å². The second-order valence-electron chi connectivity index (χ2n) is 14.1. The van der Waals surface area contributed by atoms with Crippen LogP contribution >= 0.6 is 11.3 Å². The summed E-state index contributed by atoms with van der Waals surface area (Å²) in [6.07, 6.45) is 7.29.